The van der Waals surface area contributed by atoms with Crippen LogP contribution in [-0.2, 0) is 9.53 Å². The first-order valence-electron chi connectivity index (χ1n) is 11.0. The monoisotopic (exact) mass is 412 g/mol. The van der Waals surface area contributed by atoms with Crippen LogP contribution in [0.3, 0.4) is 0 Å². The van der Waals surface area contributed by atoms with E-state index in [1.54, 1.807) is 0 Å². The van der Waals surface area contributed by atoms with Crippen LogP contribution in [0.4, 0.5) is 0 Å². The summed E-state index contributed by atoms with van der Waals surface area (Å²) in [6.07, 6.45) is 12.2. The zero-order chi connectivity index (χ0) is 20.7. The van der Waals surface area contributed by atoms with Gasteiger partial charge in [0.25, 0.3) is 0 Å². The van der Waals surface area contributed by atoms with E-state index in [4.69, 9.17) is 4.74 Å². The molecule has 0 radical (unpaired) electrons. The minimum atomic E-state index is -0.464. The Morgan fingerprint density at radius 1 is 1.29 bits per heavy atom. The van der Waals surface area contributed by atoms with Gasteiger partial charge in [-0.1, -0.05) is 52.2 Å². The molecular weight excluding hydrogens is 372 g/mol. The number of ether oxygens (including phenoxy) is 1. The van der Waals surface area contributed by atoms with Gasteiger partial charge in [0.2, 0.25) is 0 Å². The van der Waals surface area contributed by atoms with Crippen LogP contribution in [0.2, 0.25) is 0 Å². The lowest BCUT2D eigenvalue weighted by molar-refractivity contribution is -0.140. The normalized spacial score (nSPS) is 31.3. The summed E-state index contributed by atoms with van der Waals surface area (Å²) in [6, 6.07) is 0. The molecule has 1 heterocycles. The van der Waals surface area contributed by atoms with Crippen LogP contribution in [0, 0.1) is 17.3 Å². The van der Waals surface area contributed by atoms with Crippen LogP contribution < -0.4 is 0 Å². The molecule has 0 spiro atoms. The summed E-state index contributed by atoms with van der Waals surface area (Å²) in [4.78, 5) is 11.2. The summed E-state index contributed by atoms with van der Waals surface area (Å²) in [7, 11) is 1.44. The number of hydrogen-bond donors (Lipinski definition) is 2. The molecule has 1 unspecified atom stereocenters. The number of methoxy groups -OCH3 is 1. The molecule has 0 aromatic heterocycles. The van der Waals surface area contributed by atoms with Crippen molar-refractivity contribution < 1.29 is 19.7 Å². The van der Waals surface area contributed by atoms with Crippen molar-refractivity contribution in [2.75, 3.05) is 7.11 Å². The Labute approximate surface area is 175 Å². The molecule has 0 aromatic rings. The Morgan fingerprint density at radius 3 is 2.71 bits per heavy atom. The van der Waals surface area contributed by atoms with Crippen molar-refractivity contribution in [1.29, 1.82) is 0 Å². The molecule has 1 saturated carbocycles. The molecular formula is C23H40O4S. The van der Waals surface area contributed by atoms with E-state index in [1.807, 2.05) is 17.8 Å². The summed E-state index contributed by atoms with van der Waals surface area (Å²) in [5.74, 6) is 0.548. The lowest BCUT2D eigenvalue weighted by Crippen LogP contribution is -2.28. The third-order valence-corrected chi connectivity index (χ3v) is 8.37. The van der Waals surface area contributed by atoms with Gasteiger partial charge in [0.1, 0.15) is 0 Å². The number of aliphatic hydroxyl groups excluding tert-OH is 2. The van der Waals surface area contributed by atoms with E-state index >= 15 is 0 Å². The maximum atomic E-state index is 11.2. The minimum absolute atomic E-state index is 0.121. The largest absolute Gasteiger partial charge is 0.469 e. The molecule has 0 amide bonds. The fraction of sp³-hybridized carbons (Fsp3) is 0.870. The maximum Gasteiger partial charge on any atom is 0.305 e. The summed E-state index contributed by atoms with van der Waals surface area (Å²) in [5.41, 5.74) is -0.123. The highest BCUT2D eigenvalue weighted by Gasteiger charge is 2.47. The minimum Gasteiger partial charge on any atom is -0.469 e. The number of rotatable bonds is 11. The van der Waals surface area contributed by atoms with Crippen molar-refractivity contribution in [1.82, 2.24) is 0 Å². The molecule has 28 heavy (non-hydrogen) atoms. The van der Waals surface area contributed by atoms with Crippen molar-refractivity contribution in [2.45, 2.75) is 101 Å². The smallest absolute Gasteiger partial charge is 0.305 e. The van der Waals surface area contributed by atoms with Crippen molar-refractivity contribution in [2.24, 2.45) is 17.3 Å². The highest BCUT2D eigenvalue weighted by atomic mass is 32.2. The van der Waals surface area contributed by atoms with E-state index in [0.29, 0.717) is 22.8 Å². The summed E-state index contributed by atoms with van der Waals surface area (Å²) >= 11 is 2.03. The third-order valence-electron chi connectivity index (χ3n) is 6.67. The van der Waals surface area contributed by atoms with Gasteiger partial charge in [0, 0.05) is 22.8 Å². The van der Waals surface area contributed by atoms with Crippen molar-refractivity contribution in [3.05, 3.63) is 12.2 Å². The third kappa shape index (κ3) is 6.50. The molecule has 1 aliphatic carbocycles. The van der Waals surface area contributed by atoms with Gasteiger partial charge in [-0.3, -0.25) is 4.79 Å². The average molecular weight is 413 g/mol. The van der Waals surface area contributed by atoms with Crippen LogP contribution in [0.5, 0.6) is 0 Å². The predicted octanol–water partition coefficient (Wildman–Crippen LogP) is 4.72. The second kappa shape index (κ2) is 11.0. The van der Waals surface area contributed by atoms with E-state index < -0.39 is 6.10 Å². The zero-order valence-electron chi connectivity index (χ0n) is 18.1. The molecule has 0 aromatic carbocycles. The lowest BCUT2D eigenvalue weighted by Gasteiger charge is -2.29. The molecule has 0 bridgehead atoms. The first-order valence-corrected chi connectivity index (χ1v) is 12.0. The highest BCUT2D eigenvalue weighted by Crippen LogP contribution is 2.52. The Bertz CT molecular complexity index is 519. The van der Waals surface area contributed by atoms with E-state index in [1.165, 1.54) is 7.11 Å². The van der Waals surface area contributed by atoms with Crippen LogP contribution in [-0.4, -0.2) is 46.0 Å². The number of esters is 1. The second-order valence-electron chi connectivity index (χ2n) is 9.32. The van der Waals surface area contributed by atoms with Crippen molar-refractivity contribution >= 4 is 17.7 Å². The molecule has 2 rings (SSSR count). The fourth-order valence-corrected chi connectivity index (χ4v) is 6.58. The first-order chi connectivity index (χ1) is 13.3. The van der Waals surface area contributed by atoms with Gasteiger partial charge < -0.3 is 14.9 Å². The van der Waals surface area contributed by atoms with Gasteiger partial charge in [0.05, 0.1) is 19.3 Å². The van der Waals surface area contributed by atoms with Crippen molar-refractivity contribution in [3.63, 3.8) is 0 Å². The van der Waals surface area contributed by atoms with Gasteiger partial charge in [-0.2, -0.15) is 11.8 Å². The number of aliphatic hydroxyl groups is 2. The van der Waals surface area contributed by atoms with Gasteiger partial charge in [-0.05, 0) is 43.4 Å². The molecule has 162 valence electrons. The van der Waals surface area contributed by atoms with Crippen LogP contribution in [0.25, 0.3) is 0 Å². The Balaban J connectivity index is 1.83. The van der Waals surface area contributed by atoms with E-state index in [0.717, 1.165) is 51.4 Å². The highest BCUT2D eigenvalue weighted by molar-refractivity contribution is 8.00. The van der Waals surface area contributed by atoms with Gasteiger partial charge in [-0.15, -0.1) is 0 Å². The Kier molecular flexibility index (Phi) is 9.36. The lowest BCUT2D eigenvalue weighted by atomic mass is 9.80. The van der Waals surface area contributed by atoms with Crippen LogP contribution >= 0.6 is 11.8 Å². The number of hydrogen-bond acceptors (Lipinski definition) is 5. The topological polar surface area (TPSA) is 66.8 Å². The van der Waals surface area contributed by atoms with Gasteiger partial charge >= 0.3 is 5.97 Å². The average Bonchev–Trinajstić information content (AvgIpc) is 3.17. The molecule has 5 heteroatoms. The van der Waals surface area contributed by atoms with E-state index in [2.05, 4.69) is 26.8 Å². The van der Waals surface area contributed by atoms with Gasteiger partial charge in [0.15, 0.2) is 0 Å². The number of unbranched alkanes of at least 4 members (excludes halogenated alkanes) is 2. The second-order valence-corrected chi connectivity index (χ2v) is 10.9. The Morgan fingerprint density at radius 2 is 2.04 bits per heavy atom. The molecule has 6 atom stereocenters. The molecule has 2 fully saturated rings. The Hall–Kier alpha value is -0.520. The quantitative estimate of drug-likeness (QED) is 0.292. The molecule has 1 aliphatic heterocycles. The predicted molar refractivity (Wildman–Crippen MR) is 116 cm³/mol. The summed E-state index contributed by atoms with van der Waals surface area (Å²) in [5, 5.41) is 22.3. The summed E-state index contributed by atoms with van der Waals surface area (Å²) < 4.78 is 4.70. The number of fused-ring (bicyclic) bond motifs is 1. The standard InChI is InChI=1S/C23H40O4S/c1-5-6-13-23(2,3)21(25)12-11-17-18-14-16(28-20(18)15-19(17)24)9-7-8-10-22(26)27-4/h11-12,16-21,24-25H,5-10,13-15H2,1-4H3/t16?,17-,18-,19-,20-,21-/m1/s1. The number of carbonyl (C=O) groups excluding carboxylic acids is 1. The van der Waals surface area contributed by atoms with E-state index in [9.17, 15) is 15.0 Å². The number of thioether (sulfide) groups is 1. The van der Waals surface area contributed by atoms with E-state index in [-0.39, 0.29) is 23.4 Å². The molecule has 1 saturated heterocycles. The maximum absolute atomic E-state index is 11.2. The van der Waals surface area contributed by atoms with Crippen LogP contribution in [0.15, 0.2) is 12.2 Å². The SMILES string of the molecule is CCCCC(C)(C)[C@H](O)C=C[C@@H]1[C@H]2CC(CCCCC(=O)OC)S[C@@H]2C[C@H]1O. The molecule has 4 nitrogen and oxygen atoms in total. The van der Waals surface area contributed by atoms with Crippen LogP contribution in [0.1, 0.15) is 78.6 Å². The molecule has 2 aliphatic rings. The molecule has 2 N–H and O–H groups in total. The van der Waals surface area contributed by atoms with Gasteiger partial charge in [-0.25, -0.2) is 0 Å². The van der Waals surface area contributed by atoms with Crippen molar-refractivity contribution in [3.8, 4) is 0 Å². The number of carbonyl (C=O) groups is 1. The zero-order valence-corrected chi connectivity index (χ0v) is 18.9. The fourth-order valence-electron chi connectivity index (χ4n) is 4.65. The first kappa shape index (κ1) is 23.8. The summed E-state index contributed by atoms with van der Waals surface area (Å²) in [6.45, 7) is 6.43.